The molecule has 1 atom stereocenters. The summed E-state index contributed by atoms with van der Waals surface area (Å²) in [6.45, 7) is 8.37. The van der Waals surface area contributed by atoms with E-state index in [-0.39, 0.29) is 5.69 Å². The van der Waals surface area contributed by atoms with Crippen LogP contribution in [0.15, 0.2) is 49.6 Å². The van der Waals surface area contributed by atoms with Gasteiger partial charge in [-0.2, -0.15) is 4.57 Å². The summed E-state index contributed by atoms with van der Waals surface area (Å²) < 4.78 is 13.1. The topological polar surface area (TPSA) is 68.1 Å². The molecule has 0 fully saturated rings. The molecule has 6 nitrogen and oxygen atoms in total. The Morgan fingerprint density at radius 3 is 2.71 bits per heavy atom. The summed E-state index contributed by atoms with van der Waals surface area (Å²) in [5, 5.41) is 0. The van der Waals surface area contributed by atoms with Gasteiger partial charge in [0, 0.05) is 18.9 Å². The van der Waals surface area contributed by atoms with Crippen LogP contribution in [0.1, 0.15) is 44.0 Å². The van der Waals surface area contributed by atoms with E-state index in [0.717, 1.165) is 27.9 Å². The van der Waals surface area contributed by atoms with Gasteiger partial charge >= 0.3 is 5.97 Å². The van der Waals surface area contributed by atoms with Crippen molar-refractivity contribution in [3.63, 3.8) is 0 Å². The number of carbonyl (C=O) groups excluding carboxylic acids is 1. The fraction of sp³-hybridized carbons (Fsp3) is 0.227. The molecule has 2 aromatic heterocycles. The van der Waals surface area contributed by atoms with Gasteiger partial charge in [-0.3, -0.25) is 0 Å². The Morgan fingerprint density at radius 1 is 1.21 bits per heavy atom. The van der Waals surface area contributed by atoms with Crippen molar-refractivity contribution in [2.75, 3.05) is 14.2 Å². The van der Waals surface area contributed by atoms with Crippen molar-refractivity contribution in [1.82, 2.24) is 9.97 Å². The molecule has 3 heterocycles. The molecule has 0 aliphatic carbocycles. The van der Waals surface area contributed by atoms with Crippen molar-refractivity contribution in [2.45, 2.75) is 19.4 Å². The number of aryl methyl sites for hydroxylation is 1. The van der Waals surface area contributed by atoms with Gasteiger partial charge in [0.05, 0.1) is 12.7 Å². The maximum atomic E-state index is 12.5. The molecule has 0 saturated carbocycles. The minimum atomic E-state index is -0.932. The van der Waals surface area contributed by atoms with Crippen molar-refractivity contribution < 1.29 is 18.8 Å². The molecule has 1 aliphatic rings. The Bertz CT molecular complexity index is 1120. The van der Waals surface area contributed by atoms with Crippen LogP contribution in [0, 0.1) is 13.8 Å². The summed E-state index contributed by atoms with van der Waals surface area (Å²) in [5.74, 6) is -0.511. The first kappa shape index (κ1) is 18.1. The first-order chi connectivity index (χ1) is 13.5. The lowest BCUT2D eigenvalue weighted by Gasteiger charge is -2.37. The monoisotopic (exact) mass is 376 g/mol. The van der Waals surface area contributed by atoms with Crippen molar-refractivity contribution in [2.24, 2.45) is 0 Å². The van der Waals surface area contributed by atoms with Crippen LogP contribution in [0.4, 0.5) is 0 Å². The van der Waals surface area contributed by atoms with Crippen molar-refractivity contribution >= 4 is 11.7 Å². The van der Waals surface area contributed by atoms with Crippen molar-refractivity contribution in [1.29, 1.82) is 0 Å². The zero-order valence-electron chi connectivity index (χ0n) is 16.4. The highest BCUT2D eigenvalue weighted by molar-refractivity contribution is 5.93. The first-order valence-electron chi connectivity index (χ1n) is 8.95. The lowest BCUT2D eigenvalue weighted by Crippen LogP contribution is -2.51. The molecule has 0 radical (unpaired) electrons. The number of rotatable bonds is 3. The Labute approximate surface area is 163 Å². The number of imidazole rings is 1. The Morgan fingerprint density at radius 2 is 2.00 bits per heavy atom. The predicted molar refractivity (Wildman–Crippen MR) is 104 cm³/mol. The summed E-state index contributed by atoms with van der Waals surface area (Å²) in [5.41, 5.74) is 5.50. The molecule has 1 N–H and O–H groups in total. The van der Waals surface area contributed by atoms with Gasteiger partial charge in [-0.05, 0) is 36.6 Å². The number of carbonyl (C=O) groups is 1. The number of benzene rings is 1. The van der Waals surface area contributed by atoms with Crippen molar-refractivity contribution in [3.05, 3.63) is 88.8 Å². The van der Waals surface area contributed by atoms with Crippen molar-refractivity contribution in [3.8, 4) is 0 Å². The van der Waals surface area contributed by atoms with Gasteiger partial charge < -0.3 is 9.47 Å². The largest absolute Gasteiger partial charge is 0.464 e. The number of methoxy groups -OCH3 is 2. The average molecular weight is 376 g/mol. The van der Waals surface area contributed by atoms with E-state index in [2.05, 4.69) is 42.5 Å². The third kappa shape index (κ3) is 2.21. The maximum absolute atomic E-state index is 12.5. The van der Waals surface area contributed by atoms with E-state index in [1.165, 1.54) is 7.11 Å². The number of nitrogens with one attached hydrogen (secondary N) is 1. The maximum Gasteiger partial charge on any atom is 0.357 e. The molecule has 142 valence electrons. The Balaban J connectivity index is 2.16. The number of hydrogen-bond acceptors (Lipinski definition) is 4. The number of ether oxygens (including phenoxy) is 2. The average Bonchev–Trinajstić information content (AvgIpc) is 3.21. The number of nitrogens with zero attached hydrogens (tertiary/aromatic N) is 2. The SMILES string of the molecule is C=C1c2c(ccnc2C(=O)OC)C(OC)(c2cccc(C)c2C)c2c[nH]c[n+]21. The zero-order valence-corrected chi connectivity index (χ0v) is 16.4. The minimum absolute atomic E-state index is 0.219. The van der Waals surface area contributed by atoms with Crippen LogP contribution >= 0.6 is 0 Å². The summed E-state index contributed by atoms with van der Waals surface area (Å²) in [6.07, 6.45) is 5.31. The summed E-state index contributed by atoms with van der Waals surface area (Å²) in [6, 6.07) is 8.03. The van der Waals surface area contributed by atoms with Crippen LogP contribution in [0.2, 0.25) is 0 Å². The predicted octanol–water partition coefficient (Wildman–Crippen LogP) is 2.87. The second kappa shape index (κ2) is 6.42. The molecule has 0 saturated heterocycles. The third-order valence-electron chi connectivity index (χ3n) is 5.62. The zero-order chi connectivity index (χ0) is 20.1. The van der Waals surface area contributed by atoms with Crippen LogP contribution in [-0.2, 0) is 15.1 Å². The van der Waals surface area contributed by atoms with Crippen LogP contribution in [0.3, 0.4) is 0 Å². The highest BCUT2D eigenvalue weighted by atomic mass is 16.5. The van der Waals surface area contributed by atoms with Gasteiger partial charge in [0.1, 0.15) is 11.9 Å². The highest BCUT2D eigenvalue weighted by Crippen LogP contribution is 2.46. The number of hydrogen-bond donors (Lipinski definition) is 1. The van der Waals surface area contributed by atoms with Gasteiger partial charge in [0.25, 0.3) is 0 Å². The molecule has 28 heavy (non-hydrogen) atoms. The van der Waals surface area contributed by atoms with E-state index < -0.39 is 11.6 Å². The molecule has 1 unspecified atom stereocenters. The van der Waals surface area contributed by atoms with Gasteiger partial charge in [-0.25, -0.2) is 14.8 Å². The first-order valence-corrected chi connectivity index (χ1v) is 8.95. The van der Waals surface area contributed by atoms with Crippen LogP contribution in [-0.4, -0.2) is 30.2 Å². The number of H-pyrrole nitrogens is 1. The van der Waals surface area contributed by atoms with Gasteiger partial charge in [-0.1, -0.05) is 24.8 Å². The normalized spacial score (nSPS) is 17.8. The summed E-state index contributed by atoms with van der Waals surface area (Å²) in [4.78, 5) is 19.9. The molecule has 6 heteroatoms. The minimum Gasteiger partial charge on any atom is -0.464 e. The molecular weight excluding hydrogens is 354 g/mol. The molecule has 0 amide bonds. The number of aromatic nitrogens is 3. The van der Waals surface area contributed by atoms with E-state index in [1.807, 2.05) is 22.9 Å². The molecule has 1 aliphatic heterocycles. The van der Waals surface area contributed by atoms with Gasteiger partial charge in [0.15, 0.2) is 17.0 Å². The molecule has 4 rings (SSSR count). The van der Waals surface area contributed by atoms with E-state index in [0.29, 0.717) is 11.3 Å². The van der Waals surface area contributed by atoms with E-state index in [4.69, 9.17) is 9.47 Å². The number of esters is 1. The Kier molecular flexibility index (Phi) is 4.16. The second-order valence-electron chi connectivity index (χ2n) is 6.85. The lowest BCUT2D eigenvalue weighted by atomic mass is 9.75. The van der Waals surface area contributed by atoms with E-state index >= 15 is 0 Å². The molecule has 3 aromatic rings. The number of pyridine rings is 1. The smallest absolute Gasteiger partial charge is 0.357 e. The quantitative estimate of drug-likeness (QED) is 0.564. The fourth-order valence-electron chi connectivity index (χ4n) is 4.12. The van der Waals surface area contributed by atoms with Gasteiger partial charge in [0.2, 0.25) is 6.33 Å². The molecular formula is C22H22N3O3+. The number of aromatic amines is 1. The summed E-state index contributed by atoms with van der Waals surface area (Å²) >= 11 is 0. The fourth-order valence-corrected chi connectivity index (χ4v) is 4.12. The lowest BCUT2D eigenvalue weighted by molar-refractivity contribution is -0.595. The molecule has 1 aromatic carbocycles. The Hall–Kier alpha value is -3.25. The van der Waals surface area contributed by atoms with Crippen LogP contribution in [0.5, 0.6) is 0 Å². The van der Waals surface area contributed by atoms with Crippen LogP contribution < -0.4 is 4.57 Å². The third-order valence-corrected chi connectivity index (χ3v) is 5.62. The van der Waals surface area contributed by atoms with Gasteiger partial charge in [-0.15, -0.1) is 0 Å². The van der Waals surface area contributed by atoms with Crippen LogP contribution in [0.25, 0.3) is 5.70 Å². The summed E-state index contributed by atoms with van der Waals surface area (Å²) in [7, 11) is 3.02. The van der Waals surface area contributed by atoms with E-state index in [1.54, 1.807) is 19.6 Å². The molecule has 0 spiro atoms. The second-order valence-corrected chi connectivity index (χ2v) is 6.85. The highest BCUT2D eigenvalue weighted by Gasteiger charge is 2.50. The molecule has 0 bridgehead atoms. The standard InChI is InChI=1S/C22H21N3O3/c1-13-7-6-8-16(14(13)2)22(28-5)17-9-10-24-20(21(26)27-4)19(17)15(3)25-12-23-11-18(22)25/h6-12H,3H2,1-2,4-5H3/p+1. The van der Waals surface area contributed by atoms with E-state index in [9.17, 15) is 4.79 Å². The number of fused-ring (bicyclic) bond motifs is 2.